The van der Waals surface area contributed by atoms with Gasteiger partial charge in [-0.3, -0.25) is 0 Å². The first kappa shape index (κ1) is 63.7. The summed E-state index contributed by atoms with van der Waals surface area (Å²) in [5.41, 5.74) is -6.57. The summed E-state index contributed by atoms with van der Waals surface area (Å²) in [6.45, 7) is 0. The molecule has 0 radical (unpaired) electrons. The van der Waals surface area contributed by atoms with Crippen LogP contribution < -0.4 is 0 Å². The Morgan fingerprint density at radius 3 is 0.344 bits per heavy atom. The van der Waals surface area contributed by atoms with Crippen molar-refractivity contribution in [2.24, 2.45) is 0 Å². The molecule has 13 rings (SSSR count). The van der Waals surface area contributed by atoms with Crippen LogP contribution >= 0.6 is 0 Å². The second kappa shape index (κ2) is 23.5. The summed E-state index contributed by atoms with van der Waals surface area (Å²) in [5, 5.41) is 0. The molecule has 0 aliphatic carbocycles. The average molecular weight is 1340 g/mol. The summed E-state index contributed by atoms with van der Waals surface area (Å²) in [6.07, 6.45) is -28.7. The van der Waals surface area contributed by atoms with E-state index in [2.05, 4.69) is 0 Å². The van der Waals surface area contributed by atoms with E-state index in [1.807, 2.05) is 0 Å². The van der Waals surface area contributed by atoms with Crippen LogP contribution in [0.1, 0.15) is 33.4 Å². The van der Waals surface area contributed by atoms with Gasteiger partial charge in [0.2, 0.25) is 0 Å². The van der Waals surface area contributed by atoms with Crippen molar-refractivity contribution in [1.82, 2.24) is 0 Å². The van der Waals surface area contributed by atoms with Crippen LogP contribution in [0, 0.1) is 0 Å². The van der Waals surface area contributed by atoms with Crippen molar-refractivity contribution in [3.8, 4) is 136 Å². The molecule has 0 N–H and O–H groups in total. The van der Waals surface area contributed by atoms with Crippen LogP contribution in [0.4, 0.5) is 79.0 Å². The van der Waals surface area contributed by atoms with Crippen molar-refractivity contribution < 1.29 is 106 Å². The summed E-state index contributed by atoms with van der Waals surface area (Å²) >= 11 is 0. The molecule has 7 aromatic carbocycles. The SMILES string of the molecule is FC(F)(F)c1ccc(-c2ccc(-c3c(-c4ccc(-c5ccc(C(F)(F)F)cc5)o4)c(-c4ccc(-c5ccc(C(F)(F)F)cc5)o4)c(-c4ccc(-c5ccc(C(F)(F)F)cc5)o4)c(-c4ccc(-c5ccc(C(F)(F)F)cc5)o4)c3-c3ccc(-c4ccc(C(F)(F)F)cc4)o3)o2)cc1. The molecule has 6 aromatic heterocycles. The zero-order valence-electron chi connectivity index (χ0n) is 48.0. The van der Waals surface area contributed by atoms with Crippen molar-refractivity contribution in [2.75, 3.05) is 0 Å². The number of benzene rings is 7. The van der Waals surface area contributed by atoms with Crippen LogP contribution in [-0.2, 0) is 37.1 Å². The molecule has 13 aromatic rings. The third-order valence-corrected chi connectivity index (χ3v) is 15.6. The molecule has 0 saturated heterocycles. The summed E-state index contributed by atoms with van der Waals surface area (Å²) in [7, 11) is 0. The van der Waals surface area contributed by atoms with Gasteiger partial charge >= 0.3 is 37.1 Å². The lowest BCUT2D eigenvalue weighted by atomic mass is 9.81. The zero-order chi connectivity index (χ0) is 68.0. The molecule has 0 bridgehead atoms. The Balaban J connectivity index is 1.18. The van der Waals surface area contributed by atoms with Gasteiger partial charge in [-0.1, -0.05) is 72.8 Å². The van der Waals surface area contributed by atoms with Crippen molar-refractivity contribution in [3.05, 3.63) is 252 Å². The van der Waals surface area contributed by atoms with E-state index in [1.54, 1.807) is 0 Å². The first-order valence-electron chi connectivity index (χ1n) is 28.2. The Morgan fingerprint density at radius 1 is 0.135 bits per heavy atom. The van der Waals surface area contributed by atoms with Gasteiger partial charge in [-0.25, -0.2) is 0 Å². The van der Waals surface area contributed by atoms with Crippen LogP contribution in [0.15, 0.2) is 245 Å². The second-order valence-electron chi connectivity index (χ2n) is 21.7. The highest BCUT2D eigenvalue weighted by Gasteiger charge is 2.39. The van der Waals surface area contributed by atoms with Gasteiger partial charge in [0.05, 0.1) is 33.4 Å². The quantitative estimate of drug-likeness (QED) is 0.113. The summed E-state index contributed by atoms with van der Waals surface area (Å²) < 4.78 is 292. The highest BCUT2D eigenvalue weighted by molar-refractivity contribution is 6.12. The standard InChI is InChI=1S/C72H36F18O6/c73-67(74,75)43-13-1-37(2-14-43)49-25-31-55(91-49)61-62(56-32-26-50(92-56)38-3-15-44(16-4-38)68(76,77)78)64(58-34-28-52(94-58)40-7-19-46(20-8-40)70(82,83)84)66(60-36-30-54(96-60)42-11-23-48(24-12-42)72(88,89)90)65(59-35-29-53(95-59)41-9-21-47(22-10-41)71(85,86)87)63(61)57-33-27-51(93-57)39-5-17-45(18-6-39)69(79,80)81/h1-36H. The maximum atomic E-state index is 14.0. The van der Waals surface area contributed by atoms with E-state index in [1.165, 1.54) is 72.8 Å². The van der Waals surface area contributed by atoms with Crippen LogP contribution in [-0.4, -0.2) is 0 Å². The second-order valence-corrected chi connectivity index (χ2v) is 21.7. The van der Waals surface area contributed by atoms with Crippen LogP contribution in [0.3, 0.4) is 0 Å². The predicted molar refractivity (Wildman–Crippen MR) is 315 cm³/mol. The van der Waals surface area contributed by atoms with E-state index in [9.17, 15) is 79.0 Å². The van der Waals surface area contributed by atoms with Crippen LogP contribution in [0.25, 0.3) is 136 Å². The Labute approximate surface area is 528 Å². The fourth-order valence-corrected chi connectivity index (χ4v) is 10.9. The van der Waals surface area contributed by atoms with Crippen LogP contribution in [0.5, 0.6) is 0 Å². The Hall–Kier alpha value is -11.0. The van der Waals surface area contributed by atoms with Crippen molar-refractivity contribution in [1.29, 1.82) is 0 Å². The van der Waals surface area contributed by atoms with E-state index >= 15 is 0 Å². The monoisotopic (exact) mass is 1340 g/mol. The molecule has 96 heavy (non-hydrogen) atoms. The number of hydrogen-bond acceptors (Lipinski definition) is 6. The number of alkyl halides is 18. The summed E-state index contributed by atoms with van der Waals surface area (Å²) in [5.74, 6) is -1.79. The largest absolute Gasteiger partial charge is 0.456 e. The molecule has 0 fully saturated rings. The van der Waals surface area contributed by atoms with Crippen LogP contribution in [0.2, 0.25) is 0 Å². The number of rotatable bonds is 12. The molecule has 0 atom stereocenters. The molecule has 6 heterocycles. The highest BCUT2D eigenvalue weighted by Crippen LogP contribution is 2.59. The predicted octanol–water partition coefficient (Wildman–Crippen LogP) is 25.4. The van der Waals surface area contributed by atoms with Gasteiger partial charge in [0.1, 0.15) is 69.1 Å². The molecule has 486 valence electrons. The molecule has 24 heteroatoms. The lowest BCUT2D eigenvalue weighted by Gasteiger charge is -2.23. The maximum absolute atomic E-state index is 14.0. The lowest BCUT2D eigenvalue weighted by molar-refractivity contribution is -0.138. The molecule has 0 unspecified atom stereocenters. The number of furan rings is 6. The molecular weight excluding hydrogens is 1300 g/mol. The first-order chi connectivity index (χ1) is 45.3. The van der Waals surface area contributed by atoms with Crippen molar-refractivity contribution in [3.63, 3.8) is 0 Å². The molecular formula is C72H36F18O6. The zero-order valence-corrected chi connectivity index (χ0v) is 48.0. The molecule has 0 aliphatic heterocycles. The fourth-order valence-electron chi connectivity index (χ4n) is 10.9. The van der Waals surface area contributed by atoms with Gasteiger partial charge in [-0.15, -0.1) is 0 Å². The lowest BCUT2D eigenvalue weighted by Crippen LogP contribution is -2.03. The van der Waals surface area contributed by atoms with E-state index in [4.69, 9.17) is 26.5 Å². The third kappa shape index (κ3) is 12.5. The smallest absolute Gasteiger partial charge is 0.416 e. The first-order valence-corrected chi connectivity index (χ1v) is 28.2. The van der Waals surface area contributed by atoms with Gasteiger partial charge in [0.15, 0.2) is 0 Å². The van der Waals surface area contributed by atoms with E-state index < -0.39 is 70.4 Å². The minimum absolute atomic E-state index is 0.0745. The van der Waals surface area contributed by atoms with E-state index in [0.717, 1.165) is 146 Å². The Bertz CT molecular complexity index is 4130. The topological polar surface area (TPSA) is 78.8 Å². The van der Waals surface area contributed by atoms with E-state index in [0.29, 0.717) is 0 Å². The minimum Gasteiger partial charge on any atom is -0.456 e. The Kier molecular flexibility index (Phi) is 15.6. The Morgan fingerprint density at radius 2 is 0.240 bits per heavy atom. The molecule has 0 saturated carbocycles. The van der Waals surface area contributed by atoms with Gasteiger partial charge < -0.3 is 26.5 Å². The van der Waals surface area contributed by atoms with Crippen molar-refractivity contribution >= 4 is 0 Å². The number of halogens is 18. The summed E-state index contributed by atoms with van der Waals surface area (Å²) in [6, 6.07) is 39.3. The van der Waals surface area contributed by atoms with Gasteiger partial charge in [-0.05, 0) is 146 Å². The summed E-state index contributed by atoms with van der Waals surface area (Å²) in [4.78, 5) is 0. The van der Waals surface area contributed by atoms with E-state index in [-0.39, 0.29) is 136 Å². The third-order valence-electron chi connectivity index (χ3n) is 15.6. The number of hydrogen-bond donors (Lipinski definition) is 0. The molecule has 0 aliphatic rings. The maximum Gasteiger partial charge on any atom is 0.416 e. The average Bonchev–Trinajstić information content (AvgIpc) is 1.40. The minimum atomic E-state index is -4.78. The fraction of sp³-hybridized carbons (Fsp3) is 0.0833. The molecule has 0 amide bonds. The van der Waals surface area contributed by atoms with Gasteiger partial charge in [0, 0.05) is 66.8 Å². The van der Waals surface area contributed by atoms with Gasteiger partial charge in [0.25, 0.3) is 0 Å². The molecule has 0 spiro atoms. The van der Waals surface area contributed by atoms with Crippen molar-refractivity contribution in [2.45, 2.75) is 37.1 Å². The molecule has 6 nitrogen and oxygen atoms in total. The van der Waals surface area contributed by atoms with Gasteiger partial charge in [-0.2, -0.15) is 79.0 Å². The highest BCUT2D eigenvalue weighted by atomic mass is 19.4. The normalized spacial score (nSPS) is 12.7.